The number of amides is 1. The third-order valence-electron chi connectivity index (χ3n) is 5.01. The highest BCUT2D eigenvalue weighted by Crippen LogP contribution is 2.18. The third-order valence-corrected chi connectivity index (χ3v) is 7.10. The number of hydrogen-bond acceptors (Lipinski definition) is 5. The maximum atomic E-state index is 11.9. The predicted octanol–water partition coefficient (Wildman–Crippen LogP) is 5.84. The summed E-state index contributed by atoms with van der Waals surface area (Å²) in [4.78, 5) is 22.1. The van der Waals surface area contributed by atoms with Gasteiger partial charge in [-0.1, -0.05) is 58.1 Å². The third kappa shape index (κ3) is 15.8. The highest BCUT2D eigenvalue weighted by atomic mass is 32.2. The molecule has 1 aliphatic rings. The van der Waals surface area contributed by atoms with E-state index >= 15 is 0 Å². The molecule has 1 amide bonds. The molecule has 36 heavy (non-hydrogen) atoms. The smallest absolute Gasteiger partial charge is 0.337 e. The number of nitriles is 1. The normalized spacial score (nSPS) is 14.6. The molecule has 0 aromatic carbocycles. The van der Waals surface area contributed by atoms with Crippen molar-refractivity contribution in [2.75, 3.05) is 13.1 Å². The van der Waals surface area contributed by atoms with Crippen LogP contribution in [-0.2, 0) is 19.6 Å². The van der Waals surface area contributed by atoms with Crippen LogP contribution in [0.25, 0.3) is 0 Å². The summed E-state index contributed by atoms with van der Waals surface area (Å²) in [6.07, 6.45) is 9.36. The van der Waals surface area contributed by atoms with Gasteiger partial charge in [-0.05, 0) is 54.4 Å². The van der Waals surface area contributed by atoms with Crippen LogP contribution in [0.3, 0.4) is 0 Å². The average Bonchev–Trinajstić information content (AvgIpc) is 3.18. The van der Waals surface area contributed by atoms with E-state index in [1.165, 1.54) is 0 Å². The lowest BCUT2D eigenvalue weighted by Crippen LogP contribution is -2.32. The van der Waals surface area contributed by atoms with Crippen molar-refractivity contribution in [1.82, 2.24) is 9.62 Å². The maximum Gasteiger partial charge on any atom is 0.337 e. The largest absolute Gasteiger partial charge is 0.478 e. The minimum absolute atomic E-state index is 0.00343. The van der Waals surface area contributed by atoms with Crippen molar-refractivity contribution in [2.24, 2.45) is 0 Å². The molecule has 0 atom stereocenters. The lowest BCUT2D eigenvalue weighted by molar-refractivity contribution is -0.132. The molecule has 1 rings (SSSR count). The average molecular weight is 524 g/mol. The summed E-state index contributed by atoms with van der Waals surface area (Å²) in [7, 11) is -3.14. The van der Waals surface area contributed by atoms with Crippen LogP contribution in [0.4, 0.5) is 0 Å². The summed E-state index contributed by atoms with van der Waals surface area (Å²) in [6, 6.07) is 1.98. The molecule has 0 spiro atoms. The van der Waals surface area contributed by atoms with Crippen molar-refractivity contribution in [3.63, 3.8) is 0 Å². The number of carboxylic acid groups (broad SMARTS) is 1. The Morgan fingerprint density at radius 1 is 0.944 bits per heavy atom. The molecule has 0 bridgehead atoms. The first-order valence-electron chi connectivity index (χ1n) is 12.0. The molecule has 204 valence electrons. The van der Waals surface area contributed by atoms with Crippen molar-refractivity contribution in [1.29, 1.82) is 5.26 Å². The minimum Gasteiger partial charge on any atom is -0.478 e. The van der Waals surface area contributed by atoms with Gasteiger partial charge in [0.1, 0.15) is 0 Å². The van der Waals surface area contributed by atoms with E-state index in [4.69, 9.17) is 10.4 Å². The van der Waals surface area contributed by atoms with E-state index in [0.29, 0.717) is 23.6 Å². The van der Waals surface area contributed by atoms with Crippen LogP contribution in [0.15, 0.2) is 58.7 Å². The number of hydrogen-bond donors (Lipinski definition) is 2. The number of aliphatic carboxylic acids is 1. The Balaban J connectivity index is -0.000000470. The number of nitrogens with one attached hydrogen (secondary N) is 1. The van der Waals surface area contributed by atoms with Crippen LogP contribution < -0.4 is 5.32 Å². The zero-order chi connectivity index (χ0) is 28.9. The molecule has 0 radical (unpaired) electrons. The fourth-order valence-corrected chi connectivity index (χ4v) is 3.71. The first kappa shape index (κ1) is 37.6. The lowest BCUT2D eigenvalue weighted by atomic mass is 10.2. The van der Waals surface area contributed by atoms with Crippen molar-refractivity contribution in [3.05, 3.63) is 58.7 Å². The van der Waals surface area contributed by atoms with Gasteiger partial charge in [0.15, 0.2) is 0 Å². The van der Waals surface area contributed by atoms with Gasteiger partial charge in [-0.25, -0.2) is 13.2 Å². The Hall–Kier alpha value is -2.96. The van der Waals surface area contributed by atoms with Crippen LogP contribution in [0.2, 0.25) is 0 Å². The summed E-state index contributed by atoms with van der Waals surface area (Å²) >= 11 is 0. The Bertz CT molecular complexity index is 960. The fraction of sp³-hybridized carbons (Fsp3) is 0.519. The number of allylic oxidation sites excluding steroid dienone is 5. The molecular formula is C27H45N3O5S. The summed E-state index contributed by atoms with van der Waals surface area (Å²) in [5.74, 6) is -1.58. The van der Waals surface area contributed by atoms with Crippen molar-refractivity contribution in [3.8, 4) is 6.07 Å². The van der Waals surface area contributed by atoms with Crippen molar-refractivity contribution in [2.45, 2.75) is 81.1 Å². The molecule has 0 aromatic heterocycles. The molecule has 1 heterocycles. The van der Waals surface area contributed by atoms with Crippen molar-refractivity contribution < 1.29 is 23.1 Å². The van der Waals surface area contributed by atoms with Crippen LogP contribution >= 0.6 is 0 Å². The molecule has 2 N–H and O–H groups in total. The molecule has 1 aliphatic heterocycles. The second-order valence-corrected chi connectivity index (χ2v) is 9.60. The molecule has 1 saturated heterocycles. The zero-order valence-electron chi connectivity index (χ0n) is 23.3. The second kappa shape index (κ2) is 21.3. The van der Waals surface area contributed by atoms with Gasteiger partial charge < -0.3 is 10.4 Å². The van der Waals surface area contributed by atoms with Gasteiger partial charge in [0.05, 0.1) is 16.5 Å². The van der Waals surface area contributed by atoms with E-state index < -0.39 is 16.0 Å². The SMILES string of the molecule is C/C=C(\C)C#N.C/C=C(\C)S(=O)(=O)N1CCCCCC1.C=C(NC(=O)/C(C)=C/C)C(=C)C(=O)O.CC. The number of rotatable bonds is 6. The fourth-order valence-electron chi connectivity index (χ4n) is 2.27. The van der Waals surface area contributed by atoms with E-state index in [1.807, 2.05) is 26.8 Å². The number of carboxylic acids is 1. The predicted molar refractivity (Wildman–Crippen MR) is 148 cm³/mol. The number of carbonyl (C=O) groups is 2. The first-order chi connectivity index (χ1) is 16.8. The summed E-state index contributed by atoms with van der Waals surface area (Å²) < 4.78 is 25.5. The molecular weight excluding hydrogens is 478 g/mol. The van der Waals surface area contributed by atoms with Gasteiger partial charge in [0.25, 0.3) is 5.91 Å². The van der Waals surface area contributed by atoms with Gasteiger partial charge in [-0.3, -0.25) is 4.79 Å². The van der Waals surface area contributed by atoms with E-state index in [0.717, 1.165) is 31.3 Å². The van der Waals surface area contributed by atoms with Gasteiger partial charge in [0.2, 0.25) is 10.0 Å². The highest BCUT2D eigenvalue weighted by molar-refractivity contribution is 7.93. The monoisotopic (exact) mass is 523 g/mol. The van der Waals surface area contributed by atoms with E-state index in [9.17, 15) is 18.0 Å². The topological polar surface area (TPSA) is 128 Å². The quantitative estimate of drug-likeness (QED) is 0.256. The summed E-state index contributed by atoms with van der Waals surface area (Å²) in [5, 5.41) is 18.9. The van der Waals surface area contributed by atoms with E-state index in [2.05, 4.69) is 18.5 Å². The number of carbonyl (C=O) groups excluding carboxylic acids is 1. The standard InChI is InChI=1S/C10H13NO3.C10H19NO2S.C5H7N.C2H6/c1-5-6(2)9(12)11-8(4)7(3)10(13)14;1-3-10(2)14(12,13)11-8-6-4-5-7-9-11;1-3-5(2)4-6;1-2/h5H,3-4H2,1-2H3,(H,11,12)(H,13,14);3H,4-9H2,1-2H3;3H,1-2H3;1-2H3/b6-5+;10-3+;5-3+;. The second-order valence-electron chi connectivity index (χ2n) is 7.49. The minimum atomic E-state index is -3.14. The molecule has 1 fully saturated rings. The molecule has 0 unspecified atom stereocenters. The van der Waals surface area contributed by atoms with Gasteiger partial charge in [-0.15, -0.1) is 0 Å². The molecule has 8 nitrogen and oxygen atoms in total. The Morgan fingerprint density at radius 2 is 1.42 bits per heavy atom. The number of nitrogens with zero attached hydrogens (tertiary/aromatic N) is 2. The van der Waals surface area contributed by atoms with Crippen LogP contribution in [-0.4, -0.2) is 42.8 Å². The summed E-state index contributed by atoms with van der Waals surface area (Å²) in [6.45, 7) is 22.4. The van der Waals surface area contributed by atoms with E-state index in [-0.39, 0.29) is 17.2 Å². The highest BCUT2D eigenvalue weighted by Gasteiger charge is 2.23. The van der Waals surface area contributed by atoms with Crippen LogP contribution in [0.1, 0.15) is 81.1 Å². The van der Waals surface area contributed by atoms with Crippen molar-refractivity contribution >= 4 is 21.9 Å². The Labute approximate surface area is 218 Å². The zero-order valence-corrected chi connectivity index (χ0v) is 24.1. The molecule has 0 aliphatic carbocycles. The summed E-state index contributed by atoms with van der Waals surface area (Å²) in [5.41, 5.74) is 1.05. The Kier molecular flexibility index (Phi) is 22.3. The van der Waals surface area contributed by atoms with Gasteiger partial charge in [0, 0.05) is 29.9 Å². The van der Waals surface area contributed by atoms with E-state index in [1.54, 1.807) is 57.2 Å². The van der Waals surface area contributed by atoms with Gasteiger partial charge >= 0.3 is 5.97 Å². The van der Waals surface area contributed by atoms with Gasteiger partial charge in [-0.2, -0.15) is 9.57 Å². The van der Waals surface area contributed by atoms with Crippen LogP contribution in [0.5, 0.6) is 0 Å². The molecule has 0 saturated carbocycles. The molecule has 9 heteroatoms. The maximum absolute atomic E-state index is 11.9. The lowest BCUT2D eigenvalue weighted by Gasteiger charge is -2.19. The first-order valence-corrected chi connectivity index (χ1v) is 13.5. The van der Waals surface area contributed by atoms with Crippen LogP contribution in [0, 0.1) is 11.3 Å². The Morgan fingerprint density at radius 3 is 1.72 bits per heavy atom. The molecule has 0 aromatic rings. The number of sulfonamides is 1.